The normalized spacial score (nSPS) is 46.2. The molecule has 3 fully saturated rings. The summed E-state index contributed by atoms with van der Waals surface area (Å²) in [5, 5.41) is 3.07. The number of rotatable bonds is 1. The van der Waals surface area contributed by atoms with Crippen LogP contribution in [0.5, 0.6) is 0 Å². The van der Waals surface area contributed by atoms with Crippen LogP contribution in [0.1, 0.15) is 19.3 Å². The van der Waals surface area contributed by atoms with Gasteiger partial charge in [0.25, 0.3) is 0 Å². The van der Waals surface area contributed by atoms with Gasteiger partial charge in [-0.2, -0.15) is 0 Å². The van der Waals surface area contributed by atoms with Gasteiger partial charge in [-0.05, 0) is 25.2 Å². The van der Waals surface area contributed by atoms with Crippen LogP contribution in [0.15, 0.2) is 0 Å². The number of nitrogens with one attached hydrogen (secondary N) is 1. The molecule has 1 aliphatic carbocycles. The van der Waals surface area contributed by atoms with Crippen LogP contribution in [-0.4, -0.2) is 22.0 Å². The highest BCUT2D eigenvalue weighted by atomic mass is 127. The van der Waals surface area contributed by atoms with Crippen molar-refractivity contribution in [2.75, 3.05) is 0 Å². The Balaban J connectivity index is 2.10. The van der Waals surface area contributed by atoms with E-state index in [9.17, 15) is 9.18 Å². The van der Waals surface area contributed by atoms with Crippen molar-refractivity contribution in [1.82, 2.24) is 5.32 Å². The zero-order valence-electron chi connectivity index (χ0n) is 6.59. The highest BCUT2D eigenvalue weighted by Crippen LogP contribution is 2.35. The molecule has 2 bridgehead atoms. The molecule has 0 unspecified atom stereocenters. The lowest BCUT2D eigenvalue weighted by Crippen LogP contribution is -2.59. The molecule has 1 N–H and O–H groups in total. The quantitative estimate of drug-likeness (QED) is 0.582. The number of hydrogen-bond donors (Lipinski definition) is 1. The van der Waals surface area contributed by atoms with Crippen molar-refractivity contribution in [2.45, 2.75) is 37.5 Å². The Morgan fingerprint density at radius 2 is 2.25 bits per heavy atom. The Labute approximate surface area is 84.4 Å². The lowest BCUT2D eigenvalue weighted by atomic mass is 9.76. The monoisotopic (exact) mass is 283 g/mol. The van der Waals surface area contributed by atoms with E-state index in [2.05, 4.69) is 5.32 Å². The number of piperidine rings is 2. The van der Waals surface area contributed by atoms with E-state index in [1.165, 1.54) is 0 Å². The minimum atomic E-state index is -0.726. The molecule has 1 saturated carbocycles. The second-order valence-corrected chi connectivity index (χ2v) is 4.71. The fourth-order valence-corrected chi connectivity index (χ4v) is 2.94. The van der Waals surface area contributed by atoms with Crippen molar-refractivity contribution in [3.05, 3.63) is 0 Å². The van der Waals surface area contributed by atoms with Crippen molar-refractivity contribution in [1.29, 1.82) is 0 Å². The van der Waals surface area contributed by atoms with Crippen LogP contribution in [0.25, 0.3) is 0 Å². The van der Waals surface area contributed by atoms with Gasteiger partial charge < -0.3 is 5.32 Å². The summed E-state index contributed by atoms with van der Waals surface area (Å²) in [4.78, 5) is 11.1. The second kappa shape index (κ2) is 3.21. The lowest BCUT2D eigenvalue weighted by Gasteiger charge is -2.43. The van der Waals surface area contributed by atoms with Crippen LogP contribution in [0.2, 0.25) is 0 Å². The van der Waals surface area contributed by atoms with E-state index in [1.807, 2.05) is 0 Å². The van der Waals surface area contributed by atoms with Gasteiger partial charge in [0, 0.05) is 28.6 Å². The van der Waals surface area contributed by atoms with E-state index in [-0.39, 0.29) is 21.8 Å². The van der Waals surface area contributed by atoms with Gasteiger partial charge in [-0.25, -0.2) is 4.39 Å². The van der Waals surface area contributed by atoms with E-state index in [1.54, 1.807) is 22.6 Å². The average Bonchev–Trinajstić information content (AvgIpc) is 2.04. The molecule has 0 aromatic heterocycles. The summed E-state index contributed by atoms with van der Waals surface area (Å²) >= 11 is 1.80. The molecule has 0 spiro atoms. The molecule has 2 saturated heterocycles. The van der Waals surface area contributed by atoms with E-state index < -0.39 is 6.17 Å². The summed E-state index contributed by atoms with van der Waals surface area (Å²) in [6.45, 7) is 0. The molecule has 68 valence electrons. The van der Waals surface area contributed by atoms with Crippen LogP contribution in [-0.2, 0) is 4.79 Å². The predicted molar refractivity (Wildman–Crippen MR) is 52.0 cm³/mol. The van der Waals surface area contributed by atoms with Crippen LogP contribution in [0.4, 0.5) is 4.39 Å². The molecule has 3 rings (SSSR count). The van der Waals surface area contributed by atoms with Crippen LogP contribution in [0, 0.1) is 5.92 Å². The van der Waals surface area contributed by atoms with Crippen molar-refractivity contribution in [2.24, 2.45) is 5.92 Å². The van der Waals surface area contributed by atoms with Crippen molar-refractivity contribution in [3.63, 3.8) is 0 Å². The number of carbonyl (C=O) groups excluding carboxylic acids is 1. The highest BCUT2D eigenvalue weighted by Gasteiger charge is 2.43. The largest absolute Gasteiger partial charge is 0.301 e. The SMILES string of the molecule is O=C(I)[C@H]1N[C@H]2CC[C@@H]1C[C@H]2F. The highest BCUT2D eigenvalue weighted by molar-refractivity contribution is 14.1. The Bertz CT molecular complexity index is 211. The third-order valence-corrected chi connectivity index (χ3v) is 3.59. The summed E-state index contributed by atoms with van der Waals surface area (Å²) in [6.07, 6.45) is 1.76. The number of alkyl halides is 1. The third-order valence-electron chi connectivity index (χ3n) is 2.92. The molecular weight excluding hydrogens is 272 g/mol. The standard InChI is InChI=1S/C8H11FINO/c9-5-3-4-1-2-6(5)11-7(4)8(10)12/h4-7,11H,1-3H2/t4-,5-,6+,7+/m1/s1. The third kappa shape index (κ3) is 1.39. The Hall–Kier alpha value is 0.290. The van der Waals surface area contributed by atoms with Gasteiger partial charge in [0.2, 0.25) is 3.79 Å². The predicted octanol–water partition coefficient (Wildman–Crippen LogP) is 1.43. The number of fused-ring (bicyclic) bond motifs is 3. The summed E-state index contributed by atoms with van der Waals surface area (Å²) < 4.78 is 13.3. The molecule has 2 heterocycles. The molecule has 0 amide bonds. The smallest absolute Gasteiger partial charge is 0.209 e. The first-order valence-corrected chi connectivity index (χ1v) is 5.36. The van der Waals surface area contributed by atoms with Gasteiger partial charge in [-0.1, -0.05) is 0 Å². The summed E-state index contributed by atoms with van der Waals surface area (Å²) in [5.41, 5.74) is 0. The molecule has 12 heavy (non-hydrogen) atoms. The number of hydrogen-bond acceptors (Lipinski definition) is 2. The Morgan fingerprint density at radius 3 is 2.67 bits per heavy atom. The van der Waals surface area contributed by atoms with Gasteiger partial charge in [-0.15, -0.1) is 0 Å². The molecule has 2 nitrogen and oxygen atoms in total. The Morgan fingerprint density at radius 1 is 1.50 bits per heavy atom. The van der Waals surface area contributed by atoms with Gasteiger partial charge in [0.1, 0.15) is 6.17 Å². The lowest BCUT2D eigenvalue weighted by molar-refractivity contribution is -0.115. The van der Waals surface area contributed by atoms with Crippen LogP contribution in [0.3, 0.4) is 0 Å². The first kappa shape index (κ1) is 8.87. The molecule has 3 aliphatic rings. The van der Waals surface area contributed by atoms with E-state index in [0.717, 1.165) is 12.8 Å². The average molecular weight is 283 g/mol. The zero-order chi connectivity index (χ0) is 8.72. The maximum absolute atomic E-state index is 13.1. The molecule has 2 aliphatic heterocycles. The summed E-state index contributed by atoms with van der Waals surface area (Å²) in [7, 11) is 0. The molecule has 0 aromatic carbocycles. The van der Waals surface area contributed by atoms with Crippen LogP contribution < -0.4 is 5.32 Å². The topological polar surface area (TPSA) is 29.1 Å². The van der Waals surface area contributed by atoms with Crippen molar-refractivity contribution >= 4 is 26.4 Å². The minimum absolute atomic E-state index is 0.0567. The molecule has 0 aromatic rings. The fourth-order valence-electron chi connectivity index (χ4n) is 2.25. The van der Waals surface area contributed by atoms with Gasteiger partial charge in [-0.3, -0.25) is 4.79 Å². The van der Waals surface area contributed by atoms with Crippen molar-refractivity contribution < 1.29 is 9.18 Å². The first-order valence-electron chi connectivity index (χ1n) is 4.28. The fraction of sp³-hybridized carbons (Fsp3) is 0.875. The Kier molecular flexibility index (Phi) is 2.37. The van der Waals surface area contributed by atoms with E-state index in [4.69, 9.17) is 0 Å². The number of carbonyl (C=O) groups is 1. The zero-order valence-corrected chi connectivity index (χ0v) is 8.75. The molecule has 4 heteroatoms. The van der Waals surface area contributed by atoms with E-state index in [0.29, 0.717) is 6.42 Å². The first-order chi connectivity index (χ1) is 5.68. The maximum Gasteiger partial charge on any atom is 0.209 e. The number of halogens is 2. The minimum Gasteiger partial charge on any atom is -0.301 e. The van der Waals surface area contributed by atoms with Gasteiger partial charge >= 0.3 is 0 Å². The van der Waals surface area contributed by atoms with Crippen molar-refractivity contribution in [3.8, 4) is 0 Å². The van der Waals surface area contributed by atoms with E-state index >= 15 is 0 Å². The molecule has 0 radical (unpaired) electrons. The second-order valence-electron chi connectivity index (χ2n) is 3.64. The summed E-state index contributed by atoms with van der Waals surface area (Å²) in [5.74, 6) is 0.245. The molecule has 4 atom stereocenters. The van der Waals surface area contributed by atoms with Crippen LogP contribution >= 0.6 is 22.6 Å². The molecular formula is C8H11FINO. The van der Waals surface area contributed by atoms with Gasteiger partial charge in [0.05, 0.1) is 6.04 Å². The maximum atomic E-state index is 13.1. The summed E-state index contributed by atoms with van der Waals surface area (Å²) in [6, 6.07) is -0.130. The van der Waals surface area contributed by atoms with Gasteiger partial charge in [0.15, 0.2) is 0 Å².